The summed E-state index contributed by atoms with van der Waals surface area (Å²) in [5.41, 5.74) is 4.32. The summed E-state index contributed by atoms with van der Waals surface area (Å²) in [6.07, 6.45) is 3.14. The first-order valence-corrected chi connectivity index (χ1v) is 9.43. The molecular weight excluding hydrogens is 384 g/mol. The molecule has 2 aromatic carbocycles. The number of aromatic nitrogens is 2. The number of methoxy groups -OCH3 is 1. The van der Waals surface area contributed by atoms with Gasteiger partial charge < -0.3 is 9.47 Å². The average molecular weight is 406 g/mol. The third kappa shape index (κ3) is 5.54. The van der Waals surface area contributed by atoms with Crippen molar-refractivity contribution in [1.29, 1.82) is 0 Å². The number of rotatable bonds is 8. The molecule has 0 saturated carbocycles. The highest BCUT2D eigenvalue weighted by atomic mass is 16.6. The fourth-order valence-electron chi connectivity index (χ4n) is 2.69. The standard InChI is InChI=1S/C22H22N4O4/c1-3-7-17-13-20(27)25-22(24-17)26-23-14-15-10-11-18(19(12-15)29-2)30-21(28)16-8-5-4-6-9-16/h4-6,8-14H,3,7H2,1-2H3,(H2,24,25,26,27)/b23-14+. The van der Waals surface area contributed by atoms with Gasteiger partial charge in [0, 0.05) is 11.8 Å². The van der Waals surface area contributed by atoms with Gasteiger partial charge in [0.1, 0.15) is 0 Å². The number of benzene rings is 2. The first-order chi connectivity index (χ1) is 14.6. The van der Waals surface area contributed by atoms with E-state index in [0.29, 0.717) is 34.7 Å². The van der Waals surface area contributed by atoms with Crippen LogP contribution in [0.25, 0.3) is 0 Å². The minimum absolute atomic E-state index is 0.239. The molecule has 0 aliphatic heterocycles. The zero-order valence-corrected chi connectivity index (χ0v) is 16.7. The zero-order valence-electron chi connectivity index (χ0n) is 16.7. The Labute approximate surface area is 173 Å². The largest absolute Gasteiger partial charge is 0.493 e. The minimum atomic E-state index is -0.473. The molecule has 1 aromatic heterocycles. The maximum absolute atomic E-state index is 12.2. The second-order valence-electron chi connectivity index (χ2n) is 6.37. The van der Waals surface area contributed by atoms with Crippen LogP contribution in [0.5, 0.6) is 11.5 Å². The lowest BCUT2D eigenvalue weighted by Gasteiger charge is -2.10. The van der Waals surface area contributed by atoms with Crippen LogP contribution < -0.4 is 20.5 Å². The quantitative estimate of drug-likeness (QED) is 0.257. The number of hydrogen-bond donors (Lipinski definition) is 2. The summed E-state index contributed by atoms with van der Waals surface area (Å²) in [5, 5.41) is 4.10. The molecule has 30 heavy (non-hydrogen) atoms. The summed E-state index contributed by atoms with van der Waals surface area (Å²) in [7, 11) is 1.49. The third-order valence-corrected chi connectivity index (χ3v) is 4.08. The van der Waals surface area contributed by atoms with Gasteiger partial charge in [-0.3, -0.25) is 9.78 Å². The molecule has 0 spiro atoms. The molecule has 0 bridgehead atoms. The summed E-state index contributed by atoms with van der Waals surface area (Å²) in [6, 6.07) is 15.2. The highest BCUT2D eigenvalue weighted by Gasteiger charge is 2.12. The Morgan fingerprint density at radius 1 is 1.17 bits per heavy atom. The van der Waals surface area contributed by atoms with Crippen molar-refractivity contribution in [1.82, 2.24) is 9.97 Å². The van der Waals surface area contributed by atoms with Gasteiger partial charge in [0.15, 0.2) is 11.5 Å². The topological polar surface area (TPSA) is 106 Å². The molecule has 0 radical (unpaired) electrons. The summed E-state index contributed by atoms with van der Waals surface area (Å²) in [5.74, 6) is 0.482. The van der Waals surface area contributed by atoms with Crippen LogP contribution in [0.2, 0.25) is 0 Å². The van der Waals surface area contributed by atoms with Crippen LogP contribution in [-0.2, 0) is 6.42 Å². The number of hydrogen-bond acceptors (Lipinski definition) is 7. The summed E-state index contributed by atoms with van der Waals surface area (Å²) in [6.45, 7) is 2.02. The van der Waals surface area contributed by atoms with Gasteiger partial charge in [0.25, 0.3) is 5.56 Å². The maximum atomic E-state index is 12.2. The van der Waals surface area contributed by atoms with E-state index in [1.54, 1.807) is 42.5 Å². The molecule has 3 rings (SSSR count). The van der Waals surface area contributed by atoms with Crippen LogP contribution in [0.1, 0.15) is 35.0 Å². The Balaban J connectivity index is 1.70. The Morgan fingerprint density at radius 3 is 2.70 bits per heavy atom. The number of aromatic amines is 1. The number of esters is 1. The summed E-state index contributed by atoms with van der Waals surface area (Å²) in [4.78, 5) is 30.8. The number of anilines is 1. The normalized spacial score (nSPS) is 10.7. The highest BCUT2D eigenvalue weighted by molar-refractivity contribution is 5.91. The second kappa shape index (κ2) is 10.0. The van der Waals surface area contributed by atoms with E-state index in [1.807, 2.05) is 13.0 Å². The van der Waals surface area contributed by atoms with Crippen LogP contribution in [0, 0.1) is 0 Å². The number of nitrogens with one attached hydrogen (secondary N) is 2. The smallest absolute Gasteiger partial charge is 0.343 e. The molecule has 1 heterocycles. The minimum Gasteiger partial charge on any atom is -0.493 e. The van der Waals surface area contributed by atoms with Gasteiger partial charge in [-0.15, -0.1) is 0 Å². The number of hydrazone groups is 1. The highest BCUT2D eigenvalue weighted by Crippen LogP contribution is 2.28. The van der Waals surface area contributed by atoms with Crippen molar-refractivity contribution < 1.29 is 14.3 Å². The van der Waals surface area contributed by atoms with Gasteiger partial charge in [-0.25, -0.2) is 15.2 Å². The van der Waals surface area contributed by atoms with Crippen LogP contribution in [0.15, 0.2) is 64.5 Å². The number of aryl methyl sites for hydroxylation is 1. The molecule has 0 amide bonds. The first kappa shape index (κ1) is 20.8. The SMILES string of the molecule is CCCc1cc(=O)[nH]c(N/N=C/c2ccc(OC(=O)c3ccccc3)c(OC)c2)n1. The number of carbonyl (C=O) groups is 1. The molecule has 2 N–H and O–H groups in total. The lowest BCUT2D eigenvalue weighted by Crippen LogP contribution is -2.12. The van der Waals surface area contributed by atoms with Crippen LogP contribution >= 0.6 is 0 Å². The van der Waals surface area contributed by atoms with Crippen LogP contribution in [0.3, 0.4) is 0 Å². The lowest BCUT2D eigenvalue weighted by atomic mass is 10.2. The molecule has 8 heteroatoms. The molecule has 0 fully saturated rings. The number of H-pyrrole nitrogens is 1. The van der Waals surface area contributed by atoms with E-state index in [4.69, 9.17) is 9.47 Å². The molecule has 0 aliphatic rings. The van der Waals surface area contributed by atoms with E-state index in [0.717, 1.165) is 6.42 Å². The van der Waals surface area contributed by atoms with Crippen molar-refractivity contribution in [2.24, 2.45) is 5.10 Å². The number of nitrogens with zero attached hydrogens (tertiary/aromatic N) is 2. The zero-order chi connectivity index (χ0) is 21.3. The van der Waals surface area contributed by atoms with Crippen molar-refractivity contribution in [3.8, 4) is 11.5 Å². The van der Waals surface area contributed by atoms with E-state index in [-0.39, 0.29) is 11.5 Å². The Hall–Kier alpha value is -3.94. The van der Waals surface area contributed by atoms with Crippen molar-refractivity contribution in [3.63, 3.8) is 0 Å². The molecule has 0 unspecified atom stereocenters. The van der Waals surface area contributed by atoms with E-state index in [2.05, 4.69) is 20.5 Å². The fourth-order valence-corrected chi connectivity index (χ4v) is 2.69. The Bertz CT molecular complexity index is 1090. The molecule has 3 aromatic rings. The second-order valence-corrected chi connectivity index (χ2v) is 6.37. The molecule has 0 aliphatic carbocycles. The van der Waals surface area contributed by atoms with Gasteiger partial charge in [-0.1, -0.05) is 31.5 Å². The maximum Gasteiger partial charge on any atom is 0.343 e. The van der Waals surface area contributed by atoms with Gasteiger partial charge >= 0.3 is 5.97 Å². The van der Waals surface area contributed by atoms with Gasteiger partial charge in [0.2, 0.25) is 5.95 Å². The van der Waals surface area contributed by atoms with Crippen LogP contribution in [-0.4, -0.2) is 29.3 Å². The summed E-state index contributed by atoms with van der Waals surface area (Å²) < 4.78 is 10.8. The molecule has 0 atom stereocenters. The number of carbonyl (C=O) groups excluding carboxylic acids is 1. The first-order valence-electron chi connectivity index (χ1n) is 9.43. The Morgan fingerprint density at radius 2 is 1.97 bits per heavy atom. The monoisotopic (exact) mass is 406 g/mol. The van der Waals surface area contributed by atoms with Crippen molar-refractivity contribution in [2.45, 2.75) is 19.8 Å². The van der Waals surface area contributed by atoms with E-state index >= 15 is 0 Å². The average Bonchev–Trinajstić information content (AvgIpc) is 2.75. The Kier molecular flexibility index (Phi) is 6.94. The molecular formula is C22H22N4O4. The van der Waals surface area contributed by atoms with Gasteiger partial charge in [0.05, 0.1) is 18.9 Å². The predicted molar refractivity (Wildman–Crippen MR) is 114 cm³/mol. The van der Waals surface area contributed by atoms with Gasteiger partial charge in [-0.2, -0.15) is 5.10 Å². The van der Waals surface area contributed by atoms with Gasteiger partial charge in [-0.05, 0) is 42.3 Å². The summed E-state index contributed by atoms with van der Waals surface area (Å²) >= 11 is 0. The number of ether oxygens (including phenoxy) is 2. The van der Waals surface area contributed by atoms with E-state index in [1.165, 1.54) is 19.4 Å². The van der Waals surface area contributed by atoms with Crippen molar-refractivity contribution in [2.75, 3.05) is 12.5 Å². The van der Waals surface area contributed by atoms with E-state index < -0.39 is 5.97 Å². The fraction of sp³-hybridized carbons (Fsp3) is 0.182. The van der Waals surface area contributed by atoms with E-state index in [9.17, 15) is 9.59 Å². The molecule has 154 valence electrons. The molecule has 8 nitrogen and oxygen atoms in total. The molecule has 0 saturated heterocycles. The predicted octanol–water partition coefficient (Wildman–Crippen LogP) is 3.40. The third-order valence-electron chi connectivity index (χ3n) is 4.08. The van der Waals surface area contributed by atoms with Crippen LogP contribution in [0.4, 0.5) is 5.95 Å². The van der Waals surface area contributed by atoms with Crippen molar-refractivity contribution >= 4 is 18.1 Å². The van der Waals surface area contributed by atoms with Crippen molar-refractivity contribution in [3.05, 3.63) is 81.8 Å². The lowest BCUT2D eigenvalue weighted by molar-refractivity contribution is 0.0729.